The maximum Gasteiger partial charge on any atom is 0.262 e. The molecular formula is C24H28FN3O2S. The molecule has 2 aromatic heterocycles. The minimum atomic E-state index is -0.277. The number of rotatable bonds is 6. The van der Waals surface area contributed by atoms with Crippen LogP contribution >= 0.6 is 11.3 Å². The predicted molar refractivity (Wildman–Crippen MR) is 122 cm³/mol. The summed E-state index contributed by atoms with van der Waals surface area (Å²) in [6.07, 6.45) is 7.23. The van der Waals surface area contributed by atoms with Crippen molar-refractivity contribution in [2.45, 2.75) is 71.5 Å². The molecule has 0 atom stereocenters. The van der Waals surface area contributed by atoms with Crippen LogP contribution in [0, 0.1) is 19.7 Å². The number of aryl methyl sites for hydroxylation is 3. The predicted octanol–water partition coefficient (Wildman–Crippen LogP) is 4.97. The Labute approximate surface area is 185 Å². The van der Waals surface area contributed by atoms with E-state index in [1.54, 1.807) is 23.0 Å². The number of aromatic nitrogens is 2. The third kappa shape index (κ3) is 4.71. The van der Waals surface area contributed by atoms with Gasteiger partial charge in [-0.05, 0) is 49.9 Å². The zero-order valence-corrected chi connectivity index (χ0v) is 18.9. The van der Waals surface area contributed by atoms with Crippen LogP contribution in [0.5, 0.6) is 0 Å². The first-order valence-electron chi connectivity index (χ1n) is 10.9. The second-order valence-corrected chi connectivity index (χ2v) is 9.60. The van der Waals surface area contributed by atoms with Crippen molar-refractivity contribution in [3.8, 4) is 0 Å². The van der Waals surface area contributed by atoms with Crippen LogP contribution in [0.1, 0.15) is 54.5 Å². The summed E-state index contributed by atoms with van der Waals surface area (Å²) in [6.45, 7) is 4.72. The molecule has 0 unspecified atom stereocenters. The Morgan fingerprint density at radius 2 is 1.90 bits per heavy atom. The Balaban J connectivity index is 1.52. The molecule has 1 saturated carbocycles. The van der Waals surface area contributed by atoms with Crippen LogP contribution in [0.3, 0.4) is 0 Å². The first-order valence-corrected chi connectivity index (χ1v) is 11.7. The van der Waals surface area contributed by atoms with E-state index in [9.17, 15) is 14.0 Å². The first kappa shape index (κ1) is 21.7. The van der Waals surface area contributed by atoms with Gasteiger partial charge in [-0.3, -0.25) is 14.2 Å². The number of hydrogen-bond donors (Lipinski definition) is 0. The number of nitrogens with zero attached hydrogens (tertiary/aromatic N) is 3. The van der Waals surface area contributed by atoms with Gasteiger partial charge in [0.25, 0.3) is 5.56 Å². The quantitative estimate of drug-likeness (QED) is 0.543. The molecule has 7 heteroatoms. The molecule has 4 rings (SSSR count). The van der Waals surface area contributed by atoms with E-state index in [4.69, 9.17) is 0 Å². The lowest BCUT2D eigenvalue weighted by molar-refractivity contribution is -0.135. The lowest BCUT2D eigenvalue weighted by Crippen LogP contribution is -2.41. The number of fused-ring (bicyclic) bond motifs is 1. The first-order chi connectivity index (χ1) is 14.9. The summed E-state index contributed by atoms with van der Waals surface area (Å²) in [6, 6.07) is 6.55. The third-order valence-corrected chi connectivity index (χ3v) is 7.44. The molecule has 0 aliphatic heterocycles. The SMILES string of the molecule is Cc1sc2ncn(CCC(=O)N(Cc3ccc(F)cc3)C3CCCCC3)c(=O)c2c1C. The summed E-state index contributed by atoms with van der Waals surface area (Å²) in [5, 5.41) is 0.660. The zero-order chi connectivity index (χ0) is 22.0. The fraction of sp³-hybridized carbons (Fsp3) is 0.458. The second-order valence-electron chi connectivity index (χ2n) is 8.40. The molecule has 1 aliphatic rings. The third-order valence-electron chi connectivity index (χ3n) is 6.32. The van der Waals surface area contributed by atoms with Crippen molar-refractivity contribution in [1.82, 2.24) is 14.5 Å². The molecule has 0 spiro atoms. The van der Waals surface area contributed by atoms with Gasteiger partial charge >= 0.3 is 0 Å². The average Bonchev–Trinajstić information content (AvgIpc) is 3.07. The summed E-state index contributed by atoms with van der Waals surface area (Å²) in [5.41, 5.74) is 1.81. The van der Waals surface area contributed by atoms with Gasteiger partial charge in [0.05, 0.1) is 11.7 Å². The Bertz CT molecular complexity index is 1130. The number of halogens is 1. The molecule has 0 radical (unpaired) electrons. The normalized spacial score (nSPS) is 14.8. The van der Waals surface area contributed by atoms with Crippen molar-refractivity contribution in [1.29, 1.82) is 0 Å². The standard InChI is InChI=1S/C24H28FN3O2S/c1-16-17(2)31-23-22(16)24(30)27(15-26-23)13-12-21(29)28(20-6-4-3-5-7-20)14-18-8-10-19(25)11-9-18/h8-11,15,20H,3-7,12-14H2,1-2H3. The minimum absolute atomic E-state index is 0.0291. The molecule has 164 valence electrons. The van der Waals surface area contributed by atoms with Crippen molar-refractivity contribution < 1.29 is 9.18 Å². The van der Waals surface area contributed by atoms with Crippen LogP contribution in [0.2, 0.25) is 0 Å². The van der Waals surface area contributed by atoms with E-state index in [0.29, 0.717) is 18.5 Å². The van der Waals surface area contributed by atoms with E-state index < -0.39 is 0 Å². The number of hydrogen-bond acceptors (Lipinski definition) is 4. The molecule has 0 N–H and O–H groups in total. The molecule has 0 bridgehead atoms. The molecule has 1 amide bonds. The Morgan fingerprint density at radius 3 is 2.61 bits per heavy atom. The van der Waals surface area contributed by atoms with E-state index in [2.05, 4.69) is 4.98 Å². The highest BCUT2D eigenvalue weighted by Gasteiger charge is 2.25. The molecule has 0 saturated heterocycles. The summed E-state index contributed by atoms with van der Waals surface area (Å²) in [4.78, 5) is 34.4. The lowest BCUT2D eigenvalue weighted by atomic mass is 9.93. The highest BCUT2D eigenvalue weighted by Crippen LogP contribution is 2.26. The van der Waals surface area contributed by atoms with Gasteiger partial charge in [-0.1, -0.05) is 31.4 Å². The highest BCUT2D eigenvalue weighted by molar-refractivity contribution is 7.18. The smallest absolute Gasteiger partial charge is 0.262 e. The van der Waals surface area contributed by atoms with Crippen LogP contribution < -0.4 is 5.56 Å². The maximum atomic E-state index is 13.3. The van der Waals surface area contributed by atoms with E-state index in [0.717, 1.165) is 46.5 Å². The van der Waals surface area contributed by atoms with Gasteiger partial charge in [-0.25, -0.2) is 9.37 Å². The van der Waals surface area contributed by atoms with Crippen LogP contribution in [0.4, 0.5) is 4.39 Å². The van der Waals surface area contributed by atoms with Gasteiger partial charge < -0.3 is 4.90 Å². The number of benzene rings is 1. The van der Waals surface area contributed by atoms with E-state index in [-0.39, 0.29) is 29.7 Å². The summed E-state index contributed by atoms with van der Waals surface area (Å²) in [7, 11) is 0. The fourth-order valence-electron chi connectivity index (χ4n) is 4.39. The largest absolute Gasteiger partial charge is 0.335 e. The molecule has 1 aromatic carbocycles. The second kappa shape index (κ2) is 9.30. The number of carbonyl (C=O) groups excluding carboxylic acids is 1. The zero-order valence-electron chi connectivity index (χ0n) is 18.1. The van der Waals surface area contributed by atoms with Gasteiger partial charge in [0.1, 0.15) is 10.6 Å². The van der Waals surface area contributed by atoms with Gasteiger partial charge in [0, 0.05) is 30.4 Å². The topological polar surface area (TPSA) is 55.2 Å². The fourth-order valence-corrected chi connectivity index (χ4v) is 5.38. The molecule has 1 aliphatic carbocycles. The number of carbonyl (C=O) groups is 1. The summed E-state index contributed by atoms with van der Waals surface area (Å²) in [5.74, 6) is -0.248. The van der Waals surface area contributed by atoms with Crippen molar-refractivity contribution in [3.05, 3.63) is 62.8 Å². The van der Waals surface area contributed by atoms with E-state index in [1.165, 1.54) is 29.9 Å². The van der Waals surface area contributed by atoms with Crippen molar-refractivity contribution in [2.75, 3.05) is 0 Å². The van der Waals surface area contributed by atoms with Gasteiger partial charge in [0.15, 0.2) is 0 Å². The number of thiophene rings is 1. The molecular weight excluding hydrogens is 413 g/mol. The Kier molecular flexibility index (Phi) is 6.51. The van der Waals surface area contributed by atoms with Gasteiger partial charge in [0.2, 0.25) is 5.91 Å². The molecule has 5 nitrogen and oxygen atoms in total. The average molecular weight is 442 g/mol. The van der Waals surface area contributed by atoms with Crippen LogP contribution in [-0.2, 0) is 17.9 Å². The lowest BCUT2D eigenvalue weighted by Gasteiger charge is -2.34. The van der Waals surface area contributed by atoms with Crippen LogP contribution in [-0.4, -0.2) is 26.4 Å². The summed E-state index contributed by atoms with van der Waals surface area (Å²) >= 11 is 1.53. The molecule has 3 aromatic rings. The van der Waals surface area contributed by atoms with Crippen molar-refractivity contribution in [2.24, 2.45) is 0 Å². The van der Waals surface area contributed by atoms with E-state index >= 15 is 0 Å². The molecule has 2 heterocycles. The van der Waals surface area contributed by atoms with Crippen molar-refractivity contribution in [3.63, 3.8) is 0 Å². The van der Waals surface area contributed by atoms with E-state index in [1.807, 2.05) is 18.7 Å². The Morgan fingerprint density at radius 1 is 1.19 bits per heavy atom. The maximum absolute atomic E-state index is 13.3. The minimum Gasteiger partial charge on any atom is -0.335 e. The Hall–Kier alpha value is -2.54. The van der Waals surface area contributed by atoms with Crippen LogP contribution in [0.15, 0.2) is 35.4 Å². The van der Waals surface area contributed by atoms with Gasteiger partial charge in [-0.2, -0.15) is 0 Å². The van der Waals surface area contributed by atoms with Gasteiger partial charge in [-0.15, -0.1) is 11.3 Å². The summed E-state index contributed by atoms with van der Waals surface area (Å²) < 4.78 is 14.9. The molecule has 1 fully saturated rings. The highest BCUT2D eigenvalue weighted by atomic mass is 32.1. The van der Waals surface area contributed by atoms with Crippen molar-refractivity contribution >= 4 is 27.5 Å². The van der Waals surface area contributed by atoms with Crippen LogP contribution in [0.25, 0.3) is 10.2 Å². The molecule has 31 heavy (non-hydrogen) atoms. The monoisotopic (exact) mass is 441 g/mol. The number of amides is 1.